The summed E-state index contributed by atoms with van der Waals surface area (Å²) in [5.74, 6) is 0.662. The number of nitrogens with zero attached hydrogens (tertiary/aromatic N) is 3. The number of aromatic amines is 1. The van der Waals surface area contributed by atoms with Crippen molar-refractivity contribution in [3.63, 3.8) is 0 Å². The highest BCUT2D eigenvalue weighted by molar-refractivity contribution is 7.71. The van der Waals surface area contributed by atoms with Crippen molar-refractivity contribution in [3.05, 3.63) is 27.0 Å². The van der Waals surface area contributed by atoms with Crippen LogP contribution in [-0.4, -0.2) is 19.7 Å². The molecule has 2 aromatic heterocycles. The molecule has 0 aromatic carbocycles. The number of rotatable bonds is 4. The van der Waals surface area contributed by atoms with E-state index in [0.717, 1.165) is 29.2 Å². The zero-order valence-electron chi connectivity index (χ0n) is 9.04. The highest BCUT2D eigenvalue weighted by atomic mass is 32.1. The minimum atomic E-state index is -0.403. The first-order valence-corrected chi connectivity index (χ1v) is 6.25. The molecule has 6 nitrogen and oxygen atoms in total. The maximum atomic E-state index is 10.6. The van der Waals surface area contributed by atoms with E-state index in [2.05, 4.69) is 10.2 Å². The molecule has 0 aliphatic carbocycles. The Morgan fingerprint density at radius 1 is 1.65 bits per heavy atom. The van der Waals surface area contributed by atoms with Gasteiger partial charge in [-0.25, -0.2) is 0 Å². The molecule has 0 bridgehead atoms. The fourth-order valence-electron chi connectivity index (χ4n) is 1.48. The molecule has 0 spiro atoms. The molecule has 17 heavy (non-hydrogen) atoms. The van der Waals surface area contributed by atoms with Crippen LogP contribution in [0.3, 0.4) is 0 Å². The second-order valence-electron chi connectivity index (χ2n) is 3.40. The number of nitrogens with one attached hydrogen (secondary N) is 1. The lowest BCUT2D eigenvalue weighted by molar-refractivity contribution is -0.380. The van der Waals surface area contributed by atoms with E-state index < -0.39 is 4.92 Å². The number of nitro groups is 1. The fourth-order valence-corrected chi connectivity index (χ4v) is 2.53. The Morgan fingerprint density at radius 3 is 3.00 bits per heavy atom. The molecule has 1 N–H and O–H groups in total. The summed E-state index contributed by atoms with van der Waals surface area (Å²) in [6.07, 6.45) is 0.925. The molecule has 0 aliphatic rings. The summed E-state index contributed by atoms with van der Waals surface area (Å²) in [5.41, 5.74) is 0. The first-order chi connectivity index (χ1) is 8.13. The molecule has 0 radical (unpaired) electrons. The summed E-state index contributed by atoms with van der Waals surface area (Å²) in [6, 6.07) is 3.17. The van der Waals surface area contributed by atoms with Crippen LogP contribution < -0.4 is 0 Å². The molecule has 0 saturated carbocycles. The average Bonchev–Trinajstić information content (AvgIpc) is 2.87. The Balaban J connectivity index is 2.45. The summed E-state index contributed by atoms with van der Waals surface area (Å²) < 4.78 is 2.39. The minimum absolute atomic E-state index is 0.108. The second-order valence-corrected chi connectivity index (χ2v) is 4.85. The van der Waals surface area contributed by atoms with E-state index in [9.17, 15) is 10.1 Å². The summed E-state index contributed by atoms with van der Waals surface area (Å²) in [5, 5.41) is 17.6. The van der Waals surface area contributed by atoms with Gasteiger partial charge in [0.05, 0.1) is 9.80 Å². The minimum Gasteiger partial charge on any atom is -0.299 e. The van der Waals surface area contributed by atoms with Crippen LogP contribution in [0.4, 0.5) is 5.00 Å². The number of hydrogen-bond acceptors (Lipinski definition) is 5. The molecule has 2 aromatic rings. The molecule has 0 aliphatic heterocycles. The number of aromatic nitrogens is 3. The van der Waals surface area contributed by atoms with Gasteiger partial charge in [0, 0.05) is 12.6 Å². The largest absolute Gasteiger partial charge is 0.324 e. The third kappa shape index (κ3) is 2.27. The zero-order chi connectivity index (χ0) is 12.4. The maximum absolute atomic E-state index is 10.6. The van der Waals surface area contributed by atoms with Crippen molar-refractivity contribution in [2.45, 2.75) is 19.9 Å². The lowest BCUT2D eigenvalue weighted by Gasteiger charge is -2.01. The Hall–Kier alpha value is -1.54. The van der Waals surface area contributed by atoms with E-state index in [1.165, 1.54) is 6.07 Å². The number of hydrogen-bond donors (Lipinski definition) is 1. The summed E-state index contributed by atoms with van der Waals surface area (Å²) in [4.78, 5) is 11.0. The monoisotopic (exact) mass is 270 g/mol. The first kappa shape index (κ1) is 11.9. The van der Waals surface area contributed by atoms with Gasteiger partial charge in [-0.05, 0) is 24.7 Å². The highest BCUT2D eigenvalue weighted by Gasteiger charge is 2.15. The van der Waals surface area contributed by atoms with Gasteiger partial charge in [-0.1, -0.05) is 18.3 Å². The van der Waals surface area contributed by atoms with E-state index in [0.29, 0.717) is 10.6 Å². The van der Waals surface area contributed by atoms with Crippen molar-refractivity contribution in [1.82, 2.24) is 14.8 Å². The third-order valence-corrected chi connectivity index (χ3v) is 3.54. The Kier molecular flexibility index (Phi) is 3.34. The number of H-pyrrole nitrogens is 1. The predicted molar refractivity (Wildman–Crippen MR) is 67.7 cm³/mol. The normalized spacial score (nSPS) is 10.6. The van der Waals surface area contributed by atoms with Crippen LogP contribution in [-0.2, 0) is 6.54 Å². The van der Waals surface area contributed by atoms with Gasteiger partial charge in [0.25, 0.3) is 0 Å². The van der Waals surface area contributed by atoms with Gasteiger partial charge in [-0.15, -0.1) is 0 Å². The van der Waals surface area contributed by atoms with Crippen molar-refractivity contribution >= 4 is 28.6 Å². The topological polar surface area (TPSA) is 76.8 Å². The maximum Gasteiger partial charge on any atom is 0.324 e. The summed E-state index contributed by atoms with van der Waals surface area (Å²) >= 11 is 6.21. The number of thiophene rings is 1. The van der Waals surface area contributed by atoms with Gasteiger partial charge >= 0.3 is 5.00 Å². The zero-order valence-corrected chi connectivity index (χ0v) is 10.7. The molecule has 0 fully saturated rings. The average molecular weight is 270 g/mol. The van der Waals surface area contributed by atoms with Crippen molar-refractivity contribution in [1.29, 1.82) is 0 Å². The lowest BCUT2D eigenvalue weighted by Crippen LogP contribution is -1.98. The van der Waals surface area contributed by atoms with E-state index in [4.69, 9.17) is 12.2 Å². The quantitative estimate of drug-likeness (QED) is 0.526. The van der Waals surface area contributed by atoms with Gasteiger partial charge in [0.2, 0.25) is 0 Å². The van der Waals surface area contributed by atoms with Crippen LogP contribution >= 0.6 is 23.6 Å². The molecule has 2 rings (SSSR count). The van der Waals surface area contributed by atoms with Gasteiger partial charge in [0.1, 0.15) is 0 Å². The van der Waals surface area contributed by atoms with E-state index >= 15 is 0 Å². The SMILES string of the molecule is CCCn1c(-c2ccc([N+](=O)[O-])s2)n[nH]c1=S. The standard InChI is InChI=1S/C9H10N4O2S2/c1-2-5-12-8(10-11-9(12)16)6-3-4-7(17-6)13(14)15/h3-4H,2,5H2,1H3,(H,11,16). The van der Waals surface area contributed by atoms with Crippen molar-refractivity contribution < 1.29 is 4.92 Å². The smallest absolute Gasteiger partial charge is 0.299 e. The van der Waals surface area contributed by atoms with Crippen LogP contribution in [0.1, 0.15) is 13.3 Å². The molecule has 0 saturated heterocycles. The molecule has 8 heteroatoms. The molecule has 0 unspecified atom stereocenters. The molecule has 2 heterocycles. The van der Waals surface area contributed by atoms with E-state index in [1.807, 2.05) is 11.5 Å². The Bertz CT molecular complexity index is 598. The van der Waals surface area contributed by atoms with Gasteiger partial charge in [0.15, 0.2) is 10.6 Å². The van der Waals surface area contributed by atoms with Crippen LogP contribution in [0, 0.1) is 14.9 Å². The van der Waals surface area contributed by atoms with Gasteiger partial charge in [-0.3, -0.25) is 19.8 Å². The van der Waals surface area contributed by atoms with E-state index in [1.54, 1.807) is 6.07 Å². The fraction of sp³-hybridized carbons (Fsp3) is 0.333. The molecular weight excluding hydrogens is 260 g/mol. The molecule has 90 valence electrons. The van der Waals surface area contributed by atoms with Crippen LogP contribution in [0.2, 0.25) is 0 Å². The van der Waals surface area contributed by atoms with Crippen LogP contribution in [0.15, 0.2) is 12.1 Å². The van der Waals surface area contributed by atoms with Crippen molar-refractivity contribution in [2.75, 3.05) is 0 Å². The van der Waals surface area contributed by atoms with Crippen molar-refractivity contribution in [2.24, 2.45) is 0 Å². The van der Waals surface area contributed by atoms with Gasteiger partial charge < -0.3 is 0 Å². The Morgan fingerprint density at radius 2 is 2.41 bits per heavy atom. The van der Waals surface area contributed by atoms with E-state index in [-0.39, 0.29) is 5.00 Å². The molecular formula is C9H10N4O2S2. The summed E-state index contributed by atoms with van der Waals surface area (Å²) in [7, 11) is 0. The second kappa shape index (κ2) is 4.76. The predicted octanol–water partition coefficient (Wildman–Crippen LogP) is 2.99. The van der Waals surface area contributed by atoms with Crippen LogP contribution in [0.5, 0.6) is 0 Å². The van der Waals surface area contributed by atoms with Crippen LogP contribution in [0.25, 0.3) is 10.7 Å². The highest BCUT2D eigenvalue weighted by Crippen LogP contribution is 2.31. The van der Waals surface area contributed by atoms with Crippen molar-refractivity contribution in [3.8, 4) is 10.7 Å². The first-order valence-electron chi connectivity index (χ1n) is 5.03. The Labute approximate surface area is 106 Å². The summed E-state index contributed by atoms with van der Waals surface area (Å²) in [6.45, 7) is 2.78. The molecule has 0 amide bonds. The third-order valence-electron chi connectivity index (χ3n) is 2.20. The lowest BCUT2D eigenvalue weighted by atomic mass is 10.4. The van der Waals surface area contributed by atoms with Gasteiger partial charge in [-0.2, -0.15) is 5.10 Å². The molecule has 0 atom stereocenters.